The Balaban J connectivity index is 4.43. The minimum atomic E-state index is -2.99. The van der Waals surface area contributed by atoms with Gasteiger partial charge in [0.1, 0.15) is 15.4 Å². The number of ether oxygens (including phenoxy) is 1. The highest BCUT2D eigenvalue weighted by Crippen LogP contribution is 2.07. The smallest absolute Gasteiger partial charge is 0.327 e. The first-order chi connectivity index (χ1) is 7.64. The Bertz CT molecular complexity index is 355. The monoisotopic (exact) mass is 266 g/mol. The summed E-state index contributed by atoms with van der Waals surface area (Å²) >= 11 is 0. The molecule has 0 aliphatic heterocycles. The van der Waals surface area contributed by atoms with E-state index in [1.54, 1.807) is 25.9 Å². The van der Waals surface area contributed by atoms with Gasteiger partial charge in [-0.05, 0) is 21.0 Å². The largest absolute Gasteiger partial charge is 0.468 e. The molecule has 1 N–H and O–H groups in total. The van der Waals surface area contributed by atoms with E-state index in [1.165, 1.54) is 13.4 Å². The highest BCUT2D eigenvalue weighted by Gasteiger charge is 2.33. The van der Waals surface area contributed by atoms with Crippen molar-refractivity contribution in [1.82, 2.24) is 10.2 Å². The number of hydrogen-bond donors (Lipinski definition) is 1. The van der Waals surface area contributed by atoms with E-state index in [1.807, 2.05) is 0 Å². The molecule has 1 atom stereocenters. The van der Waals surface area contributed by atoms with Gasteiger partial charge in [0.05, 0.1) is 12.9 Å². The van der Waals surface area contributed by atoms with Gasteiger partial charge in [0, 0.05) is 19.3 Å². The van der Waals surface area contributed by atoms with Crippen molar-refractivity contribution < 1.29 is 17.9 Å². The van der Waals surface area contributed by atoms with Gasteiger partial charge >= 0.3 is 5.97 Å². The maximum Gasteiger partial charge on any atom is 0.327 e. The number of methoxy groups -OCH3 is 1. The van der Waals surface area contributed by atoms with E-state index in [0.29, 0.717) is 13.1 Å². The third-order valence-corrected chi connectivity index (χ3v) is 3.54. The summed E-state index contributed by atoms with van der Waals surface area (Å²) in [7, 11) is 1.78. The molecule has 7 heteroatoms. The average Bonchev–Trinajstić information content (AvgIpc) is 2.24. The van der Waals surface area contributed by atoms with E-state index >= 15 is 0 Å². The number of esters is 1. The van der Waals surface area contributed by atoms with E-state index in [2.05, 4.69) is 5.32 Å². The van der Waals surface area contributed by atoms with Gasteiger partial charge in [-0.15, -0.1) is 0 Å². The van der Waals surface area contributed by atoms with Gasteiger partial charge in [-0.2, -0.15) is 0 Å². The van der Waals surface area contributed by atoms with Crippen molar-refractivity contribution in [3.63, 3.8) is 0 Å². The predicted molar refractivity (Wildman–Crippen MR) is 66.7 cm³/mol. The quantitative estimate of drug-likeness (QED) is 0.603. The van der Waals surface area contributed by atoms with Gasteiger partial charge in [0.25, 0.3) is 0 Å². The Kier molecular flexibility index (Phi) is 6.08. The zero-order chi connectivity index (χ0) is 13.7. The number of carbonyl (C=O) groups is 1. The molecule has 0 aromatic carbocycles. The zero-order valence-corrected chi connectivity index (χ0v) is 11.9. The van der Waals surface area contributed by atoms with Crippen LogP contribution in [-0.2, 0) is 19.4 Å². The first-order valence-electron chi connectivity index (χ1n) is 5.28. The predicted octanol–water partition coefficient (Wildman–Crippen LogP) is -0.886. The summed E-state index contributed by atoms with van der Waals surface area (Å²) in [5, 5.41) is 2.89. The molecule has 17 heavy (non-hydrogen) atoms. The lowest BCUT2D eigenvalue weighted by atomic mass is 10.0. The number of nitrogens with one attached hydrogen (secondary N) is 1. The molecule has 0 saturated heterocycles. The molecule has 0 fully saturated rings. The summed E-state index contributed by atoms with van der Waals surface area (Å²) < 4.78 is 26.8. The number of hydrogen-bond acceptors (Lipinski definition) is 6. The van der Waals surface area contributed by atoms with Crippen LogP contribution in [0, 0.1) is 0 Å². The number of nitrogens with zero attached hydrogens (tertiary/aromatic N) is 1. The molecule has 0 aromatic heterocycles. The van der Waals surface area contributed by atoms with Crippen molar-refractivity contribution in [3.8, 4) is 0 Å². The second kappa shape index (κ2) is 6.32. The third kappa shape index (κ3) is 5.99. The second-order valence-electron chi connectivity index (χ2n) is 4.44. The van der Waals surface area contributed by atoms with E-state index in [4.69, 9.17) is 4.74 Å². The van der Waals surface area contributed by atoms with Crippen molar-refractivity contribution in [3.05, 3.63) is 0 Å². The van der Waals surface area contributed by atoms with Crippen molar-refractivity contribution >= 4 is 15.8 Å². The molecule has 6 nitrogen and oxygen atoms in total. The van der Waals surface area contributed by atoms with Crippen molar-refractivity contribution in [1.29, 1.82) is 0 Å². The number of carbonyl (C=O) groups excluding carboxylic acids is 1. The summed E-state index contributed by atoms with van der Waals surface area (Å²) in [6, 6.07) is 0. The Morgan fingerprint density at radius 2 is 2.00 bits per heavy atom. The summed E-state index contributed by atoms with van der Waals surface area (Å²) in [6.45, 7) is 2.48. The summed E-state index contributed by atoms with van der Waals surface area (Å²) in [4.78, 5) is 13.4. The Morgan fingerprint density at radius 1 is 1.47 bits per heavy atom. The lowest BCUT2D eigenvalue weighted by molar-refractivity contribution is -0.148. The van der Waals surface area contributed by atoms with Gasteiger partial charge < -0.3 is 15.0 Å². The van der Waals surface area contributed by atoms with Gasteiger partial charge in [-0.25, -0.2) is 8.42 Å². The molecule has 0 aliphatic rings. The number of likely N-dealkylation sites (N-methyl/N-ethyl adjacent to an activating group) is 2. The standard InChI is InChI=1S/C10H22N2O4S/c1-10(11-2,9(13)16-4)8-12(3)6-7-17(5,14)15/h11H,6-8H2,1-5H3. The molecule has 1 unspecified atom stereocenters. The molecule has 0 bridgehead atoms. The lowest BCUT2D eigenvalue weighted by Crippen LogP contribution is -2.55. The molecule has 0 radical (unpaired) electrons. The van der Waals surface area contributed by atoms with E-state index in [9.17, 15) is 13.2 Å². The molecule has 0 aliphatic carbocycles. The molecule has 0 amide bonds. The lowest BCUT2D eigenvalue weighted by Gasteiger charge is -2.30. The van der Waals surface area contributed by atoms with Crippen LogP contribution < -0.4 is 5.32 Å². The van der Waals surface area contributed by atoms with Crippen LogP contribution in [0.4, 0.5) is 0 Å². The minimum Gasteiger partial charge on any atom is -0.468 e. The molecular formula is C10H22N2O4S. The molecule has 0 spiro atoms. The van der Waals surface area contributed by atoms with E-state index in [-0.39, 0.29) is 11.7 Å². The first kappa shape index (κ1) is 16.3. The van der Waals surface area contributed by atoms with Crippen LogP contribution in [0.15, 0.2) is 0 Å². The van der Waals surface area contributed by atoms with Gasteiger partial charge in [-0.3, -0.25) is 4.79 Å². The first-order valence-corrected chi connectivity index (χ1v) is 7.34. The Morgan fingerprint density at radius 3 is 2.35 bits per heavy atom. The highest BCUT2D eigenvalue weighted by atomic mass is 32.2. The molecule has 0 heterocycles. The van der Waals surface area contributed by atoms with E-state index in [0.717, 1.165) is 0 Å². The number of rotatable bonds is 7. The Hall–Kier alpha value is -0.660. The van der Waals surface area contributed by atoms with Crippen LogP contribution in [-0.4, -0.2) is 71.1 Å². The SMILES string of the molecule is CNC(C)(CN(C)CCS(C)(=O)=O)C(=O)OC. The Labute approximate surface area is 103 Å². The van der Waals surface area contributed by atoms with Crippen LogP contribution in [0.5, 0.6) is 0 Å². The maximum absolute atomic E-state index is 11.6. The van der Waals surface area contributed by atoms with Crippen LogP contribution in [0.2, 0.25) is 0 Å². The van der Waals surface area contributed by atoms with Crippen LogP contribution in [0.1, 0.15) is 6.92 Å². The molecule has 0 aromatic rings. The van der Waals surface area contributed by atoms with Crippen LogP contribution in [0.3, 0.4) is 0 Å². The van der Waals surface area contributed by atoms with Crippen molar-refractivity contribution in [2.75, 3.05) is 46.3 Å². The maximum atomic E-state index is 11.6. The van der Waals surface area contributed by atoms with Gasteiger partial charge in [-0.1, -0.05) is 0 Å². The molecule has 0 saturated carbocycles. The van der Waals surface area contributed by atoms with Gasteiger partial charge in [0.2, 0.25) is 0 Å². The summed E-state index contributed by atoms with van der Waals surface area (Å²) in [6.07, 6.45) is 1.19. The third-order valence-electron chi connectivity index (χ3n) is 2.62. The number of sulfone groups is 1. The van der Waals surface area contributed by atoms with Crippen molar-refractivity contribution in [2.24, 2.45) is 0 Å². The fourth-order valence-corrected chi connectivity index (χ4v) is 2.05. The highest BCUT2D eigenvalue weighted by molar-refractivity contribution is 7.90. The van der Waals surface area contributed by atoms with Crippen molar-refractivity contribution in [2.45, 2.75) is 12.5 Å². The minimum absolute atomic E-state index is 0.0739. The fourth-order valence-electron chi connectivity index (χ4n) is 1.41. The normalized spacial score (nSPS) is 15.6. The molecule has 102 valence electrons. The molecule has 0 rings (SSSR count). The summed E-state index contributed by atoms with van der Waals surface area (Å²) in [5.41, 5.74) is -0.832. The molecular weight excluding hydrogens is 244 g/mol. The summed E-state index contributed by atoms with van der Waals surface area (Å²) in [5.74, 6) is -0.295. The zero-order valence-electron chi connectivity index (χ0n) is 11.1. The van der Waals surface area contributed by atoms with Gasteiger partial charge in [0.15, 0.2) is 0 Å². The van der Waals surface area contributed by atoms with Crippen LogP contribution in [0.25, 0.3) is 0 Å². The van der Waals surface area contributed by atoms with Crippen LogP contribution >= 0.6 is 0 Å². The topological polar surface area (TPSA) is 75.7 Å². The average molecular weight is 266 g/mol. The fraction of sp³-hybridized carbons (Fsp3) is 0.900. The van der Waals surface area contributed by atoms with E-state index < -0.39 is 15.4 Å². The second-order valence-corrected chi connectivity index (χ2v) is 6.70.